The summed E-state index contributed by atoms with van der Waals surface area (Å²) in [5, 5.41) is -7.61. The topological polar surface area (TPSA) is 34.1 Å². The summed E-state index contributed by atoms with van der Waals surface area (Å²) in [6, 6.07) is -33.1. The lowest BCUT2D eigenvalue weighted by molar-refractivity contribution is 0.591. The van der Waals surface area contributed by atoms with E-state index in [4.69, 9.17) is 32.9 Å². The third-order valence-corrected chi connectivity index (χ3v) is 16.3. The zero-order valence-electron chi connectivity index (χ0n) is 68.7. The fourth-order valence-electron chi connectivity index (χ4n) is 8.35. The fraction of sp³-hybridized carbons (Fsp3) is 0.0164. The summed E-state index contributed by atoms with van der Waals surface area (Å²) in [7, 11) is -11.8. The minimum atomic E-state index is -5.89. The van der Waals surface area contributed by atoms with Crippen molar-refractivity contribution in [3.63, 3.8) is 0 Å². The van der Waals surface area contributed by atoms with Crippen LogP contribution in [0.15, 0.2) is 254 Å². The van der Waals surface area contributed by atoms with Gasteiger partial charge in [0.2, 0.25) is 0 Å². The van der Waals surface area contributed by atoms with E-state index in [1.54, 1.807) is 0 Å². The van der Waals surface area contributed by atoms with E-state index >= 15 is 9.13 Å². The maximum absolute atomic E-state index is 16.5. The Labute approximate surface area is 430 Å². The molecule has 0 N–H and O–H groups in total. The van der Waals surface area contributed by atoms with E-state index < -0.39 is 302 Å². The summed E-state index contributed by atoms with van der Waals surface area (Å²) in [6.45, 7) is 0. The first-order chi connectivity index (χ1) is 46.9. The second kappa shape index (κ2) is 15.4. The minimum absolute atomic E-state index is 0.0285. The summed E-state index contributed by atoms with van der Waals surface area (Å²) in [4.78, 5) is 0. The zero-order valence-corrected chi connectivity index (χ0v) is 34.5. The van der Waals surface area contributed by atoms with Crippen LogP contribution in [0.4, 0.5) is 0 Å². The first-order valence-electron chi connectivity index (χ1n) is 37.2. The second-order valence-electron chi connectivity index (χ2n) is 14.3. The van der Waals surface area contributed by atoms with Crippen molar-refractivity contribution in [1.82, 2.24) is 0 Å². The van der Waals surface area contributed by atoms with Crippen molar-refractivity contribution in [2.75, 3.05) is 0 Å². The second-order valence-corrected chi connectivity index (χ2v) is 19.5. The first kappa shape index (κ1) is 16.9. The van der Waals surface area contributed by atoms with Gasteiger partial charge in [-0.2, -0.15) is 0 Å². The van der Waals surface area contributed by atoms with Gasteiger partial charge in [-0.25, -0.2) is 0 Å². The summed E-state index contributed by atoms with van der Waals surface area (Å²) in [5.74, 6) is 0. The Morgan fingerprint density at radius 1 is 0.277 bits per heavy atom. The number of hydrogen-bond donors (Lipinski definition) is 0. The van der Waals surface area contributed by atoms with Crippen LogP contribution in [0.25, 0.3) is 44.5 Å². The summed E-state index contributed by atoms with van der Waals surface area (Å²) in [5.41, 5.74) is -7.05. The van der Waals surface area contributed by atoms with Gasteiger partial charge in [0.15, 0.2) is 14.3 Å². The van der Waals surface area contributed by atoms with E-state index in [1.807, 2.05) is 0 Å². The van der Waals surface area contributed by atoms with Crippen LogP contribution in [-0.2, 0) is 14.5 Å². The molecule has 10 aromatic carbocycles. The third kappa shape index (κ3) is 5.95. The molecule has 0 saturated heterocycles. The average Bonchev–Trinajstić information content (AvgIpc) is 1.50. The van der Waals surface area contributed by atoms with Gasteiger partial charge in [0, 0.05) is 31.8 Å². The highest BCUT2D eigenvalue weighted by atomic mass is 31.2. The van der Waals surface area contributed by atoms with Gasteiger partial charge >= 0.3 is 0 Å². The highest BCUT2D eigenvalue weighted by Crippen LogP contribution is 2.63. The normalized spacial score (nSPS) is 20.9. The van der Waals surface area contributed by atoms with Crippen LogP contribution in [0.1, 0.15) is 71.6 Å². The van der Waals surface area contributed by atoms with Crippen LogP contribution in [0.5, 0.6) is 0 Å². The molecular weight excluding hydrogens is 827 g/mol. The zero-order chi connectivity index (χ0) is 74.9. The number of benzene rings is 10. The molecule has 0 aromatic heterocycles. The van der Waals surface area contributed by atoms with Gasteiger partial charge in [-0.05, 0) is 78.9 Å². The van der Waals surface area contributed by atoms with Crippen LogP contribution < -0.4 is 31.8 Å². The number of rotatable bonds is 8. The van der Waals surface area contributed by atoms with E-state index in [0.717, 1.165) is 0 Å². The summed E-state index contributed by atoms with van der Waals surface area (Å²) >= 11 is 0. The molecule has 2 aliphatic carbocycles. The fourth-order valence-corrected chi connectivity index (χ4v) is 12.3. The molecule has 0 saturated carbocycles. The Morgan fingerprint density at radius 3 is 0.908 bits per heavy atom. The Balaban J connectivity index is 1.19. The van der Waals surface area contributed by atoms with Crippen molar-refractivity contribution in [3.05, 3.63) is 276 Å². The molecule has 0 aliphatic heterocycles. The molecule has 0 radical (unpaired) electrons. The molecule has 0 atom stereocenters. The molecule has 0 unspecified atom stereocenters. The SMILES string of the molecule is [2H]c1c([2H])c([2H])c(P(=O)(c2c([2H])c([2H])c([2H])c([2H])c2[2H])c2c([2H])c([2H])c(-c3ccc4c(c3)C3(c5cc(-c6c([2H])c([2H])c(P(=O)(c7c([2H])c([2H])c([2H])c([2H])c7[2H])c7c([2H])c([2H])c([2H])c([2H])c7[2H])c([2H])c6[2H])ccc5-4)c4c([2H])c([2H])c([2H])c([2H])c4-c4c([2H])c([2H])c([2H])c([2H])c43)c([2H])c2[2H])c([2H])c1[2H]. The van der Waals surface area contributed by atoms with Gasteiger partial charge in [-0.1, -0.05) is 242 Å². The van der Waals surface area contributed by atoms with Crippen LogP contribution in [0.2, 0.25) is 0 Å². The van der Waals surface area contributed by atoms with Gasteiger partial charge < -0.3 is 9.13 Å². The predicted molar refractivity (Wildman–Crippen MR) is 272 cm³/mol. The van der Waals surface area contributed by atoms with E-state index in [-0.39, 0.29) is 33.4 Å². The molecular formula is C61H42O2P2. The molecule has 1 spiro atoms. The van der Waals surface area contributed by atoms with E-state index in [1.165, 1.54) is 36.4 Å². The highest BCUT2D eigenvalue weighted by Gasteiger charge is 2.51. The Hall–Kier alpha value is -7.34. The average molecular weight is 905 g/mol. The predicted octanol–water partition coefficient (Wildman–Crippen LogP) is 12.6. The van der Waals surface area contributed by atoms with E-state index in [9.17, 15) is 16.4 Å². The molecule has 0 fully saturated rings. The lowest BCUT2D eigenvalue weighted by Gasteiger charge is -2.31. The van der Waals surface area contributed by atoms with Crippen LogP contribution >= 0.6 is 14.3 Å². The van der Waals surface area contributed by atoms with Crippen molar-refractivity contribution in [2.45, 2.75) is 5.41 Å². The van der Waals surface area contributed by atoms with E-state index in [2.05, 4.69) is 0 Å². The maximum atomic E-state index is 16.5. The summed E-state index contributed by atoms with van der Waals surface area (Å²) < 4.78 is 358. The van der Waals surface area contributed by atoms with Gasteiger partial charge in [-0.15, -0.1) is 0 Å². The molecule has 4 heteroatoms. The van der Waals surface area contributed by atoms with Gasteiger partial charge in [-0.3, -0.25) is 0 Å². The molecule has 0 heterocycles. The highest BCUT2D eigenvalue weighted by molar-refractivity contribution is 7.85. The third-order valence-electron chi connectivity index (χ3n) is 11.1. The molecule has 65 heavy (non-hydrogen) atoms. The van der Waals surface area contributed by atoms with Gasteiger partial charge in [0.05, 0.1) is 54.8 Å². The molecule has 12 rings (SSSR count). The van der Waals surface area contributed by atoms with Gasteiger partial charge in [0.25, 0.3) is 0 Å². The van der Waals surface area contributed by atoms with Crippen molar-refractivity contribution in [3.8, 4) is 44.5 Å². The van der Waals surface area contributed by atoms with Crippen molar-refractivity contribution >= 4 is 46.1 Å². The molecule has 2 nitrogen and oxygen atoms in total. The molecule has 0 bridgehead atoms. The minimum Gasteiger partial charge on any atom is -0.309 e. The van der Waals surface area contributed by atoms with Crippen LogP contribution in [0, 0.1) is 0 Å². The number of fused-ring (bicyclic) bond motifs is 10. The van der Waals surface area contributed by atoms with Crippen LogP contribution in [-0.4, -0.2) is 0 Å². The van der Waals surface area contributed by atoms with Crippen LogP contribution in [0.3, 0.4) is 0 Å². The monoisotopic (exact) mass is 904 g/mol. The van der Waals surface area contributed by atoms with E-state index in [0.29, 0.717) is 0 Å². The molecule has 0 amide bonds. The van der Waals surface area contributed by atoms with Crippen molar-refractivity contribution < 1.29 is 58.5 Å². The van der Waals surface area contributed by atoms with Gasteiger partial charge in [0.1, 0.15) is 0 Å². The largest absolute Gasteiger partial charge is 0.309 e. The maximum Gasteiger partial charge on any atom is 0.171 e. The Bertz CT molecular complexity index is 5040. The first-order valence-corrected chi connectivity index (χ1v) is 22.6. The smallest absolute Gasteiger partial charge is 0.171 e. The standard InChI is InChI=1S/C61H42O2P2/c62-64(47-17-5-1-6-18-47,48-19-7-2-8-20-48)51-35-29-43(30-36-51)45-33-39-55-56-40-34-46(42-60(56)61(59(55)41-45)57-27-15-13-25-53(57)54-26-14-16-28-58(54)61)44-31-37-52(38-32-44)65(63,49-21-9-3-10-22-49)50-23-11-4-12-24-50/h1-42H/i1D,2D,3D,4D,5D,6D,7D,8D,9D,10D,11D,12D,13D,14D,15D,16D,17D,18D,19D,20D,21D,22D,23D,24D,25D,26D,27D,28D,29D,30D,31D,32D,35D,36D,37D,38D. The Kier molecular flexibility index (Phi) is 4.01. The molecule has 308 valence electrons. The lowest BCUT2D eigenvalue weighted by Crippen LogP contribution is -2.26. The molecule has 10 aromatic rings. The quantitative estimate of drug-likeness (QED) is 0.142. The van der Waals surface area contributed by atoms with Crippen molar-refractivity contribution in [2.24, 2.45) is 0 Å². The Morgan fingerprint density at radius 2 is 0.569 bits per heavy atom. The molecule has 2 aliphatic rings. The summed E-state index contributed by atoms with van der Waals surface area (Å²) in [6.07, 6.45) is 0. The number of hydrogen-bond acceptors (Lipinski definition) is 2. The lowest BCUT2D eigenvalue weighted by atomic mass is 9.70. The van der Waals surface area contributed by atoms with Crippen molar-refractivity contribution in [1.29, 1.82) is 0 Å².